The van der Waals surface area contributed by atoms with E-state index < -0.39 is 5.60 Å². The molecule has 1 aromatic carbocycles. The van der Waals surface area contributed by atoms with Crippen LogP contribution < -0.4 is 10.2 Å². The number of rotatable bonds is 2. The van der Waals surface area contributed by atoms with Gasteiger partial charge in [-0.25, -0.2) is 4.79 Å². The summed E-state index contributed by atoms with van der Waals surface area (Å²) in [6.45, 7) is 8.74. The first-order chi connectivity index (χ1) is 9.89. The number of ether oxygens (including phenoxy) is 1. The van der Waals surface area contributed by atoms with Crippen LogP contribution in [0.2, 0.25) is 0 Å². The van der Waals surface area contributed by atoms with Gasteiger partial charge in [0.15, 0.2) is 0 Å². The fourth-order valence-electron chi connectivity index (χ4n) is 2.31. The van der Waals surface area contributed by atoms with Gasteiger partial charge in [-0.3, -0.25) is 0 Å². The van der Waals surface area contributed by atoms with Gasteiger partial charge in [0.2, 0.25) is 0 Å². The quantitative estimate of drug-likeness (QED) is 0.910. The highest BCUT2D eigenvalue weighted by Crippen LogP contribution is 2.20. The smallest absolute Gasteiger partial charge is 0.410 e. The van der Waals surface area contributed by atoms with E-state index in [9.17, 15) is 4.79 Å². The van der Waals surface area contributed by atoms with Crippen molar-refractivity contribution in [1.82, 2.24) is 4.90 Å². The van der Waals surface area contributed by atoms with Gasteiger partial charge in [0.25, 0.3) is 0 Å². The number of nitrogens with one attached hydrogen (secondary N) is 1. The lowest BCUT2D eigenvalue weighted by Crippen LogP contribution is -2.50. The first kappa shape index (κ1) is 15.5. The number of benzene rings is 1. The molecule has 1 fully saturated rings. The Morgan fingerprint density at radius 1 is 1.10 bits per heavy atom. The van der Waals surface area contributed by atoms with Crippen molar-refractivity contribution in [2.45, 2.75) is 26.4 Å². The number of amides is 1. The van der Waals surface area contributed by atoms with Gasteiger partial charge in [0.1, 0.15) is 5.60 Å². The van der Waals surface area contributed by atoms with Crippen molar-refractivity contribution < 1.29 is 9.53 Å². The molecule has 0 bridgehead atoms. The zero-order valence-electron chi connectivity index (χ0n) is 13.3. The first-order valence-electron chi connectivity index (χ1n) is 7.40. The molecule has 0 radical (unpaired) electrons. The Morgan fingerprint density at radius 3 is 2.14 bits per heavy atom. The largest absolute Gasteiger partial charge is 0.444 e. The van der Waals surface area contributed by atoms with E-state index in [0.717, 1.165) is 18.8 Å². The van der Waals surface area contributed by atoms with Gasteiger partial charge >= 0.3 is 6.09 Å². The summed E-state index contributed by atoms with van der Waals surface area (Å²) in [5.74, 6) is 0. The monoisotopic (exact) mass is 291 g/mol. The van der Waals surface area contributed by atoms with Crippen LogP contribution in [0.5, 0.6) is 0 Å². The molecule has 0 spiro atoms. The molecule has 1 saturated heterocycles. The van der Waals surface area contributed by atoms with Crippen LogP contribution in [-0.4, -0.2) is 49.8 Å². The molecule has 116 valence electrons. The van der Waals surface area contributed by atoms with Gasteiger partial charge in [0, 0.05) is 44.6 Å². The Bertz CT molecular complexity index is 471. The average Bonchev–Trinajstić information content (AvgIpc) is 2.46. The van der Waals surface area contributed by atoms with Crippen molar-refractivity contribution in [2.75, 3.05) is 43.4 Å². The summed E-state index contributed by atoms with van der Waals surface area (Å²) < 4.78 is 5.41. The summed E-state index contributed by atoms with van der Waals surface area (Å²) in [5, 5.41) is 3.11. The predicted molar refractivity (Wildman–Crippen MR) is 86.0 cm³/mol. The van der Waals surface area contributed by atoms with Crippen LogP contribution in [0.25, 0.3) is 0 Å². The van der Waals surface area contributed by atoms with E-state index in [-0.39, 0.29) is 6.09 Å². The highest BCUT2D eigenvalue weighted by Gasteiger charge is 2.25. The lowest BCUT2D eigenvalue weighted by atomic mass is 10.2. The lowest BCUT2D eigenvalue weighted by molar-refractivity contribution is 0.0240. The Morgan fingerprint density at radius 2 is 1.67 bits per heavy atom. The van der Waals surface area contributed by atoms with Crippen LogP contribution in [0.1, 0.15) is 20.8 Å². The molecule has 0 saturated carbocycles. The molecule has 1 aliphatic rings. The second kappa shape index (κ2) is 6.24. The molecule has 0 atom stereocenters. The number of hydrogen-bond acceptors (Lipinski definition) is 4. The number of carbonyl (C=O) groups is 1. The summed E-state index contributed by atoms with van der Waals surface area (Å²) in [6.07, 6.45) is -0.215. The molecule has 5 heteroatoms. The maximum atomic E-state index is 12.0. The highest BCUT2D eigenvalue weighted by atomic mass is 16.6. The fraction of sp³-hybridized carbons (Fsp3) is 0.562. The average molecular weight is 291 g/mol. The summed E-state index contributed by atoms with van der Waals surface area (Å²) in [5.41, 5.74) is 1.86. The third kappa shape index (κ3) is 4.28. The van der Waals surface area contributed by atoms with E-state index in [2.05, 4.69) is 34.5 Å². The van der Waals surface area contributed by atoms with Gasteiger partial charge in [-0.1, -0.05) is 0 Å². The standard InChI is InChI=1S/C16H25N3O2/c1-16(2,3)21-15(20)19-11-9-18(10-12-19)14-7-5-13(17-4)6-8-14/h5-8,17H,9-12H2,1-4H3. The second-order valence-electron chi connectivity index (χ2n) is 6.25. The molecule has 1 aromatic rings. The van der Waals surface area contributed by atoms with Crippen molar-refractivity contribution in [3.8, 4) is 0 Å². The van der Waals surface area contributed by atoms with Gasteiger partial charge in [-0.2, -0.15) is 0 Å². The Hall–Kier alpha value is -1.91. The van der Waals surface area contributed by atoms with Crippen molar-refractivity contribution in [3.05, 3.63) is 24.3 Å². The molecule has 21 heavy (non-hydrogen) atoms. The van der Waals surface area contributed by atoms with E-state index in [0.29, 0.717) is 13.1 Å². The summed E-state index contributed by atoms with van der Waals surface area (Å²) >= 11 is 0. The van der Waals surface area contributed by atoms with E-state index in [4.69, 9.17) is 4.74 Å². The van der Waals surface area contributed by atoms with E-state index in [1.54, 1.807) is 4.90 Å². The molecule has 0 aliphatic carbocycles. The van der Waals surface area contributed by atoms with Crippen LogP contribution >= 0.6 is 0 Å². The zero-order valence-corrected chi connectivity index (χ0v) is 13.3. The zero-order chi connectivity index (χ0) is 15.5. The van der Waals surface area contributed by atoms with Gasteiger partial charge < -0.3 is 19.9 Å². The maximum Gasteiger partial charge on any atom is 0.410 e. The minimum atomic E-state index is -0.433. The minimum Gasteiger partial charge on any atom is -0.444 e. The molecule has 1 amide bonds. The summed E-state index contributed by atoms with van der Waals surface area (Å²) in [4.78, 5) is 16.1. The first-order valence-corrected chi connectivity index (χ1v) is 7.40. The van der Waals surface area contributed by atoms with Gasteiger partial charge in [-0.15, -0.1) is 0 Å². The second-order valence-corrected chi connectivity index (χ2v) is 6.25. The Kier molecular flexibility index (Phi) is 4.60. The normalized spacial score (nSPS) is 15.8. The number of hydrogen-bond donors (Lipinski definition) is 1. The van der Waals surface area contributed by atoms with Crippen LogP contribution in [0, 0.1) is 0 Å². The third-order valence-electron chi connectivity index (χ3n) is 3.45. The Balaban J connectivity index is 1.89. The van der Waals surface area contributed by atoms with Crippen LogP contribution in [0.4, 0.5) is 16.2 Å². The molecule has 1 N–H and O–H groups in total. The summed E-state index contributed by atoms with van der Waals surface area (Å²) in [6, 6.07) is 8.34. The fourth-order valence-corrected chi connectivity index (χ4v) is 2.31. The summed E-state index contributed by atoms with van der Waals surface area (Å²) in [7, 11) is 1.91. The van der Waals surface area contributed by atoms with E-state index in [1.165, 1.54) is 5.69 Å². The minimum absolute atomic E-state index is 0.215. The van der Waals surface area contributed by atoms with Gasteiger partial charge in [0.05, 0.1) is 0 Å². The Labute approximate surface area is 126 Å². The molecule has 2 rings (SSSR count). The third-order valence-corrected chi connectivity index (χ3v) is 3.45. The van der Waals surface area contributed by atoms with Crippen LogP contribution in [-0.2, 0) is 4.74 Å². The maximum absolute atomic E-state index is 12.0. The molecule has 1 aliphatic heterocycles. The molecule has 1 heterocycles. The lowest BCUT2D eigenvalue weighted by Gasteiger charge is -2.36. The number of anilines is 2. The molecule has 5 nitrogen and oxygen atoms in total. The van der Waals surface area contributed by atoms with Gasteiger partial charge in [-0.05, 0) is 45.0 Å². The van der Waals surface area contributed by atoms with E-state index in [1.807, 2.05) is 27.8 Å². The SMILES string of the molecule is CNc1ccc(N2CCN(C(=O)OC(C)(C)C)CC2)cc1. The van der Waals surface area contributed by atoms with Crippen LogP contribution in [0.15, 0.2) is 24.3 Å². The van der Waals surface area contributed by atoms with Crippen molar-refractivity contribution >= 4 is 17.5 Å². The predicted octanol–water partition coefficient (Wildman–Crippen LogP) is 2.79. The van der Waals surface area contributed by atoms with E-state index >= 15 is 0 Å². The molecule has 0 unspecified atom stereocenters. The van der Waals surface area contributed by atoms with Crippen molar-refractivity contribution in [3.63, 3.8) is 0 Å². The van der Waals surface area contributed by atoms with Crippen molar-refractivity contribution in [1.29, 1.82) is 0 Å². The molecule has 0 aromatic heterocycles. The number of nitrogens with zero attached hydrogens (tertiary/aromatic N) is 2. The number of piperazine rings is 1. The topological polar surface area (TPSA) is 44.8 Å². The number of carbonyl (C=O) groups excluding carboxylic acids is 1. The highest BCUT2D eigenvalue weighted by molar-refractivity contribution is 5.68. The van der Waals surface area contributed by atoms with Crippen LogP contribution in [0.3, 0.4) is 0 Å². The molecular formula is C16H25N3O2. The molecular weight excluding hydrogens is 266 g/mol. The van der Waals surface area contributed by atoms with Crippen molar-refractivity contribution in [2.24, 2.45) is 0 Å².